The van der Waals surface area contributed by atoms with Gasteiger partial charge in [-0.1, -0.05) is 43.7 Å². The zero-order valence-corrected chi connectivity index (χ0v) is 12.1. The van der Waals surface area contributed by atoms with Gasteiger partial charge in [0.1, 0.15) is 0 Å². The predicted octanol–water partition coefficient (Wildman–Crippen LogP) is 3.98. The molecular formula is C17H23NO. The smallest absolute Gasteiger partial charge is 0.0631 e. The minimum atomic E-state index is -0.0182. The molecule has 1 aromatic carbocycles. The lowest BCUT2D eigenvalue weighted by atomic mass is 9.69. The third-order valence-corrected chi connectivity index (χ3v) is 4.33. The van der Waals surface area contributed by atoms with Crippen molar-refractivity contribution in [2.75, 3.05) is 6.61 Å². The van der Waals surface area contributed by atoms with Gasteiger partial charge >= 0.3 is 0 Å². The normalized spacial score (nSPS) is 27.2. The molecule has 2 nitrogen and oxygen atoms in total. The maximum absolute atomic E-state index is 9.23. The number of rotatable bonds is 3. The van der Waals surface area contributed by atoms with Crippen LogP contribution in [0.25, 0.3) is 0 Å². The van der Waals surface area contributed by atoms with Gasteiger partial charge in [0.25, 0.3) is 0 Å². The van der Waals surface area contributed by atoms with E-state index in [4.69, 9.17) is 4.74 Å². The summed E-state index contributed by atoms with van der Waals surface area (Å²) in [5.41, 5.74) is 2.55. The highest BCUT2D eigenvalue weighted by atomic mass is 16.5. The number of nitriles is 1. The van der Waals surface area contributed by atoms with Crippen molar-refractivity contribution in [2.24, 2.45) is 5.92 Å². The number of benzene rings is 1. The van der Waals surface area contributed by atoms with Crippen LogP contribution in [-0.2, 0) is 10.2 Å². The van der Waals surface area contributed by atoms with Gasteiger partial charge in [-0.05, 0) is 31.2 Å². The molecule has 0 N–H and O–H groups in total. The average Bonchev–Trinajstić information content (AvgIpc) is 2.40. The fourth-order valence-electron chi connectivity index (χ4n) is 2.96. The van der Waals surface area contributed by atoms with Crippen LogP contribution in [0.5, 0.6) is 0 Å². The number of hydrogen-bond acceptors (Lipinski definition) is 2. The largest absolute Gasteiger partial charge is 0.378 e. The van der Waals surface area contributed by atoms with Crippen molar-refractivity contribution in [2.45, 2.75) is 51.6 Å². The molecule has 0 unspecified atom stereocenters. The number of nitrogens with zero attached hydrogens (tertiary/aromatic N) is 1. The third-order valence-electron chi connectivity index (χ3n) is 4.33. The quantitative estimate of drug-likeness (QED) is 0.820. The molecule has 1 aliphatic heterocycles. The molecule has 0 amide bonds. The van der Waals surface area contributed by atoms with Crippen LogP contribution in [0.3, 0.4) is 0 Å². The molecule has 1 aliphatic rings. The number of aryl methyl sites for hydroxylation is 1. The van der Waals surface area contributed by atoms with Crippen LogP contribution >= 0.6 is 0 Å². The SMILES string of the molecule is Cc1ccc([C@]2(CC#N)CCO[C@@H](C(C)C)C2)cc1. The molecule has 2 rings (SSSR count). The Morgan fingerprint density at radius 1 is 1.37 bits per heavy atom. The Labute approximate surface area is 116 Å². The van der Waals surface area contributed by atoms with Gasteiger partial charge in [-0.15, -0.1) is 0 Å². The Morgan fingerprint density at radius 2 is 2.05 bits per heavy atom. The van der Waals surface area contributed by atoms with Crippen LogP contribution in [0, 0.1) is 24.2 Å². The lowest BCUT2D eigenvalue weighted by Crippen LogP contribution is -2.40. The molecule has 1 heterocycles. The molecule has 1 saturated heterocycles. The summed E-state index contributed by atoms with van der Waals surface area (Å²) in [6.45, 7) is 7.25. The molecule has 2 atom stereocenters. The summed E-state index contributed by atoms with van der Waals surface area (Å²) in [5, 5.41) is 9.23. The van der Waals surface area contributed by atoms with Gasteiger partial charge in [-0.3, -0.25) is 0 Å². The van der Waals surface area contributed by atoms with Crippen molar-refractivity contribution in [3.05, 3.63) is 35.4 Å². The van der Waals surface area contributed by atoms with Crippen molar-refractivity contribution >= 4 is 0 Å². The minimum absolute atomic E-state index is 0.0182. The fraction of sp³-hybridized carbons (Fsp3) is 0.588. The molecule has 0 saturated carbocycles. The summed E-state index contributed by atoms with van der Waals surface area (Å²) in [6, 6.07) is 11.1. The predicted molar refractivity (Wildman–Crippen MR) is 76.9 cm³/mol. The van der Waals surface area contributed by atoms with E-state index in [2.05, 4.69) is 51.1 Å². The van der Waals surface area contributed by atoms with Crippen molar-refractivity contribution in [3.63, 3.8) is 0 Å². The summed E-state index contributed by atoms with van der Waals surface area (Å²) in [5.74, 6) is 0.504. The molecule has 0 radical (unpaired) electrons. The molecule has 102 valence electrons. The van der Waals surface area contributed by atoms with Crippen molar-refractivity contribution < 1.29 is 4.74 Å². The van der Waals surface area contributed by atoms with E-state index in [1.165, 1.54) is 11.1 Å². The van der Waals surface area contributed by atoms with Gasteiger partial charge in [-0.25, -0.2) is 0 Å². The second-order valence-corrected chi connectivity index (χ2v) is 6.09. The van der Waals surface area contributed by atoms with Crippen molar-refractivity contribution in [1.29, 1.82) is 5.26 Å². The second kappa shape index (κ2) is 5.75. The van der Waals surface area contributed by atoms with Crippen LogP contribution < -0.4 is 0 Å². The van der Waals surface area contributed by atoms with Crippen LogP contribution in [0.15, 0.2) is 24.3 Å². The van der Waals surface area contributed by atoms with Crippen molar-refractivity contribution in [1.82, 2.24) is 0 Å². The van der Waals surface area contributed by atoms with E-state index in [0.717, 1.165) is 19.4 Å². The first-order valence-corrected chi connectivity index (χ1v) is 7.13. The van der Waals surface area contributed by atoms with Crippen LogP contribution in [0.1, 0.15) is 44.2 Å². The van der Waals surface area contributed by atoms with Gasteiger partial charge in [0.15, 0.2) is 0 Å². The minimum Gasteiger partial charge on any atom is -0.378 e. The van der Waals surface area contributed by atoms with Gasteiger partial charge in [0, 0.05) is 18.4 Å². The topological polar surface area (TPSA) is 33.0 Å². The maximum atomic E-state index is 9.23. The zero-order chi connectivity index (χ0) is 13.9. The molecule has 0 aromatic heterocycles. The fourth-order valence-corrected chi connectivity index (χ4v) is 2.96. The van der Waals surface area contributed by atoms with Gasteiger partial charge in [-0.2, -0.15) is 5.26 Å². The summed E-state index contributed by atoms with van der Waals surface area (Å²) >= 11 is 0. The molecular weight excluding hydrogens is 234 g/mol. The lowest BCUT2D eigenvalue weighted by Gasteiger charge is -2.41. The standard InChI is InChI=1S/C17H23NO/c1-13(2)16-12-17(8-10-18,9-11-19-16)15-6-4-14(3)5-7-15/h4-7,13,16H,8-9,11-12H2,1-3H3/t16-,17-/m1/s1. The van der Waals surface area contributed by atoms with Crippen LogP contribution in [-0.4, -0.2) is 12.7 Å². The van der Waals surface area contributed by atoms with E-state index in [1.54, 1.807) is 0 Å². The Morgan fingerprint density at radius 3 is 2.63 bits per heavy atom. The van der Waals surface area contributed by atoms with Gasteiger partial charge < -0.3 is 4.74 Å². The highest BCUT2D eigenvalue weighted by molar-refractivity contribution is 5.30. The summed E-state index contributed by atoms with van der Waals surface area (Å²) in [7, 11) is 0. The first-order valence-electron chi connectivity index (χ1n) is 7.13. The molecule has 0 aliphatic carbocycles. The first kappa shape index (κ1) is 14.1. The zero-order valence-electron chi connectivity index (χ0n) is 12.1. The Hall–Kier alpha value is -1.33. The van der Waals surface area contributed by atoms with Gasteiger partial charge in [0.2, 0.25) is 0 Å². The van der Waals surface area contributed by atoms with E-state index in [0.29, 0.717) is 12.3 Å². The molecule has 19 heavy (non-hydrogen) atoms. The molecule has 0 spiro atoms. The number of hydrogen-bond donors (Lipinski definition) is 0. The van der Waals surface area contributed by atoms with E-state index in [1.807, 2.05) is 0 Å². The monoisotopic (exact) mass is 257 g/mol. The molecule has 2 heteroatoms. The van der Waals surface area contributed by atoms with Crippen LogP contribution in [0.4, 0.5) is 0 Å². The van der Waals surface area contributed by atoms with E-state index in [-0.39, 0.29) is 11.5 Å². The van der Waals surface area contributed by atoms with E-state index in [9.17, 15) is 5.26 Å². The van der Waals surface area contributed by atoms with E-state index < -0.39 is 0 Å². The third kappa shape index (κ3) is 2.98. The molecule has 1 fully saturated rings. The summed E-state index contributed by atoms with van der Waals surface area (Å²) in [4.78, 5) is 0. The van der Waals surface area contributed by atoms with Crippen molar-refractivity contribution in [3.8, 4) is 6.07 Å². The van der Waals surface area contributed by atoms with Crippen LogP contribution in [0.2, 0.25) is 0 Å². The first-order chi connectivity index (χ1) is 9.07. The second-order valence-electron chi connectivity index (χ2n) is 6.09. The maximum Gasteiger partial charge on any atom is 0.0631 e. The summed E-state index contributed by atoms with van der Waals surface area (Å²) in [6.07, 6.45) is 2.76. The highest BCUT2D eigenvalue weighted by Gasteiger charge is 2.39. The Balaban J connectivity index is 2.32. The lowest BCUT2D eigenvalue weighted by molar-refractivity contribution is -0.0441. The van der Waals surface area contributed by atoms with Gasteiger partial charge in [0.05, 0.1) is 12.2 Å². The highest BCUT2D eigenvalue weighted by Crippen LogP contribution is 2.41. The summed E-state index contributed by atoms with van der Waals surface area (Å²) < 4.78 is 5.88. The Kier molecular flexibility index (Phi) is 4.27. The Bertz CT molecular complexity index is 457. The average molecular weight is 257 g/mol. The van der Waals surface area contributed by atoms with E-state index >= 15 is 0 Å². The molecule has 0 bridgehead atoms. The molecule has 1 aromatic rings. The number of ether oxygens (including phenoxy) is 1.